The van der Waals surface area contributed by atoms with Gasteiger partial charge in [0.2, 0.25) is 0 Å². The van der Waals surface area contributed by atoms with Gasteiger partial charge in [-0.05, 0) is 12.5 Å². The fraction of sp³-hybridized carbons (Fsp3) is 0.400. The van der Waals surface area contributed by atoms with Gasteiger partial charge in [0.1, 0.15) is 5.83 Å². The van der Waals surface area contributed by atoms with Gasteiger partial charge in [-0.1, -0.05) is 0 Å². The van der Waals surface area contributed by atoms with E-state index in [9.17, 15) is 4.39 Å². The number of halogens is 1. The summed E-state index contributed by atoms with van der Waals surface area (Å²) < 4.78 is 11.9. The Morgan fingerprint density at radius 2 is 2.57 bits per heavy atom. The summed E-state index contributed by atoms with van der Waals surface area (Å²) in [5.41, 5.74) is 0. The van der Waals surface area contributed by atoms with Crippen LogP contribution in [0, 0.1) is 0 Å². The van der Waals surface area contributed by atoms with Crippen LogP contribution < -0.4 is 0 Å². The molecule has 0 aromatic carbocycles. The molecule has 1 aliphatic heterocycles. The molecule has 38 valence electrons. The van der Waals surface area contributed by atoms with E-state index in [1.807, 2.05) is 0 Å². The minimum atomic E-state index is -0.203. The Kier molecular flexibility index (Phi) is 1.20. The summed E-state index contributed by atoms with van der Waals surface area (Å²) in [5, 5.41) is 0. The molecule has 0 amide bonds. The second kappa shape index (κ2) is 1.87. The number of allylic oxidation sites excluding steroid dienone is 1. The third-order valence-corrected chi connectivity index (χ3v) is 0.812. The van der Waals surface area contributed by atoms with Crippen LogP contribution in [0.25, 0.3) is 0 Å². The van der Waals surface area contributed by atoms with Crippen LogP contribution in [0.2, 0.25) is 0 Å². The minimum absolute atomic E-state index is 0.203. The molecule has 2 heteroatoms. The van der Waals surface area contributed by atoms with Gasteiger partial charge in [-0.25, -0.2) is 4.39 Å². The Labute approximate surface area is 41.6 Å². The maximum Gasteiger partial charge on any atom is 0.137 e. The average molecular weight is 99.1 g/mol. The zero-order chi connectivity index (χ0) is 5.11. The highest BCUT2D eigenvalue weighted by Crippen LogP contribution is 1.99. The first-order chi connectivity index (χ1) is 3.39. The molecule has 0 saturated carbocycles. The number of hydrogen-bond donors (Lipinski definition) is 0. The van der Waals surface area contributed by atoms with E-state index in [-0.39, 0.29) is 5.83 Å². The van der Waals surface area contributed by atoms with Gasteiger partial charge in [-0.2, -0.15) is 0 Å². The van der Waals surface area contributed by atoms with E-state index in [2.05, 4.69) is 4.99 Å². The van der Waals surface area contributed by atoms with Crippen molar-refractivity contribution in [1.82, 2.24) is 0 Å². The first-order valence-electron chi connectivity index (χ1n) is 2.25. The lowest BCUT2D eigenvalue weighted by Gasteiger charge is -1.93. The average Bonchev–Trinajstić information content (AvgIpc) is 1.69. The van der Waals surface area contributed by atoms with Crippen LogP contribution in [-0.4, -0.2) is 12.8 Å². The molecule has 7 heavy (non-hydrogen) atoms. The van der Waals surface area contributed by atoms with Crippen LogP contribution in [0.1, 0.15) is 6.42 Å². The fourth-order valence-electron chi connectivity index (χ4n) is 0.481. The smallest absolute Gasteiger partial charge is 0.137 e. The van der Waals surface area contributed by atoms with Crippen molar-refractivity contribution >= 4 is 6.21 Å². The van der Waals surface area contributed by atoms with Gasteiger partial charge >= 0.3 is 0 Å². The quantitative estimate of drug-likeness (QED) is 0.434. The molecular formula is C5H6FN. The second-order valence-corrected chi connectivity index (χ2v) is 1.41. The lowest BCUT2D eigenvalue weighted by molar-refractivity contribution is 0.671. The Balaban J connectivity index is 2.58. The second-order valence-electron chi connectivity index (χ2n) is 1.41. The van der Waals surface area contributed by atoms with E-state index in [1.165, 1.54) is 12.3 Å². The van der Waals surface area contributed by atoms with Crippen molar-refractivity contribution in [2.24, 2.45) is 4.99 Å². The number of rotatable bonds is 0. The molecule has 0 bridgehead atoms. The van der Waals surface area contributed by atoms with Crippen molar-refractivity contribution in [2.45, 2.75) is 6.42 Å². The van der Waals surface area contributed by atoms with Crippen molar-refractivity contribution in [3.63, 3.8) is 0 Å². The van der Waals surface area contributed by atoms with E-state index in [1.54, 1.807) is 0 Å². The molecular weight excluding hydrogens is 93.1 g/mol. The highest BCUT2D eigenvalue weighted by molar-refractivity contribution is 5.76. The molecule has 0 unspecified atom stereocenters. The van der Waals surface area contributed by atoms with Crippen molar-refractivity contribution in [1.29, 1.82) is 0 Å². The summed E-state index contributed by atoms with van der Waals surface area (Å²) in [6, 6.07) is 0. The van der Waals surface area contributed by atoms with Crippen molar-refractivity contribution < 1.29 is 4.39 Å². The van der Waals surface area contributed by atoms with Gasteiger partial charge in [0, 0.05) is 6.54 Å². The Morgan fingerprint density at radius 3 is 2.86 bits per heavy atom. The normalized spacial score (nSPS) is 19.3. The summed E-state index contributed by atoms with van der Waals surface area (Å²) in [6.07, 6.45) is 3.54. The zero-order valence-electron chi connectivity index (χ0n) is 3.89. The maximum atomic E-state index is 11.9. The van der Waals surface area contributed by atoms with Crippen molar-refractivity contribution in [3.8, 4) is 0 Å². The Hall–Kier alpha value is -0.660. The molecule has 0 N–H and O–H groups in total. The van der Waals surface area contributed by atoms with Crippen LogP contribution in [-0.2, 0) is 0 Å². The van der Waals surface area contributed by atoms with Gasteiger partial charge in [0.05, 0.1) is 6.21 Å². The molecule has 1 nitrogen and oxygen atoms in total. The zero-order valence-corrected chi connectivity index (χ0v) is 3.89. The first kappa shape index (κ1) is 4.50. The molecule has 1 aliphatic rings. The number of hydrogen-bond acceptors (Lipinski definition) is 1. The van der Waals surface area contributed by atoms with E-state index in [0.29, 0.717) is 0 Å². The molecule has 0 fully saturated rings. The minimum Gasteiger partial charge on any atom is -0.290 e. The van der Waals surface area contributed by atoms with E-state index < -0.39 is 0 Å². The summed E-state index contributed by atoms with van der Waals surface area (Å²) in [4.78, 5) is 3.69. The van der Waals surface area contributed by atoms with Gasteiger partial charge in [0.15, 0.2) is 0 Å². The molecule has 1 heterocycles. The third-order valence-electron chi connectivity index (χ3n) is 0.812. The van der Waals surface area contributed by atoms with Gasteiger partial charge in [-0.3, -0.25) is 4.99 Å². The molecule has 0 saturated heterocycles. The lowest BCUT2D eigenvalue weighted by atomic mass is 10.3. The first-order valence-corrected chi connectivity index (χ1v) is 2.25. The van der Waals surface area contributed by atoms with E-state index in [0.717, 1.165) is 13.0 Å². The molecule has 0 aromatic heterocycles. The van der Waals surface area contributed by atoms with Crippen LogP contribution in [0.4, 0.5) is 4.39 Å². The monoisotopic (exact) mass is 99.0 g/mol. The molecule has 0 aromatic rings. The van der Waals surface area contributed by atoms with Gasteiger partial charge < -0.3 is 0 Å². The standard InChI is InChI=1S/C5H6FN/c6-5-2-1-3-7-4-5/h2,4H,1,3H2. The van der Waals surface area contributed by atoms with E-state index in [4.69, 9.17) is 0 Å². The summed E-state index contributed by atoms with van der Waals surface area (Å²) in [7, 11) is 0. The number of dihydropyridines is 1. The van der Waals surface area contributed by atoms with Crippen LogP contribution in [0.15, 0.2) is 16.9 Å². The predicted molar refractivity (Wildman–Crippen MR) is 27.2 cm³/mol. The number of aliphatic imine (C=N–C) groups is 1. The van der Waals surface area contributed by atoms with Crippen LogP contribution >= 0.6 is 0 Å². The van der Waals surface area contributed by atoms with Crippen LogP contribution in [0.3, 0.4) is 0 Å². The summed E-state index contributed by atoms with van der Waals surface area (Å²) >= 11 is 0. The van der Waals surface area contributed by atoms with E-state index >= 15 is 0 Å². The van der Waals surface area contributed by atoms with Crippen LogP contribution in [0.5, 0.6) is 0 Å². The molecule has 1 rings (SSSR count). The summed E-state index contributed by atoms with van der Waals surface area (Å²) in [5.74, 6) is -0.203. The molecule has 0 radical (unpaired) electrons. The number of nitrogens with zero attached hydrogens (tertiary/aromatic N) is 1. The van der Waals surface area contributed by atoms with Gasteiger partial charge in [-0.15, -0.1) is 0 Å². The Morgan fingerprint density at radius 1 is 1.71 bits per heavy atom. The Bertz CT molecular complexity index is 115. The SMILES string of the molecule is FC1=CCCN=C1. The molecule has 0 atom stereocenters. The molecule has 0 aliphatic carbocycles. The topological polar surface area (TPSA) is 12.4 Å². The largest absolute Gasteiger partial charge is 0.290 e. The fourth-order valence-corrected chi connectivity index (χ4v) is 0.481. The third kappa shape index (κ3) is 1.11. The van der Waals surface area contributed by atoms with Gasteiger partial charge in [0.25, 0.3) is 0 Å². The molecule has 0 spiro atoms. The predicted octanol–water partition coefficient (Wildman–Crippen LogP) is 1.31. The maximum absolute atomic E-state index is 11.9. The highest BCUT2D eigenvalue weighted by Gasteiger charge is 1.91. The lowest BCUT2D eigenvalue weighted by Crippen LogP contribution is -1.87. The highest BCUT2D eigenvalue weighted by atomic mass is 19.1. The van der Waals surface area contributed by atoms with Crippen molar-refractivity contribution in [2.75, 3.05) is 6.54 Å². The summed E-state index contributed by atoms with van der Waals surface area (Å²) in [6.45, 7) is 0.743. The van der Waals surface area contributed by atoms with Crippen molar-refractivity contribution in [3.05, 3.63) is 11.9 Å².